The highest BCUT2D eigenvalue weighted by Gasteiger charge is 2.37. The molecule has 1 amide bonds. The number of nitrogens with one attached hydrogen (secondary N) is 1. The summed E-state index contributed by atoms with van der Waals surface area (Å²) in [5.41, 5.74) is -0.803. The van der Waals surface area contributed by atoms with Crippen LogP contribution in [0.5, 0.6) is 0 Å². The van der Waals surface area contributed by atoms with E-state index in [1.807, 2.05) is 20.8 Å². The van der Waals surface area contributed by atoms with Crippen LogP contribution in [0.25, 0.3) is 0 Å². The summed E-state index contributed by atoms with van der Waals surface area (Å²) in [6.45, 7) is 6.58. The van der Waals surface area contributed by atoms with Gasteiger partial charge in [-0.15, -0.1) is 0 Å². The van der Waals surface area contributed by atoms with Crippen molar-refractivity contribution in [1.82, 2.24) is 5.32 Å². The van der Waals surface area contributed by atoms with E-state index in [2.05, 4.69) is 5.32 Å². The van der Waals surface area contributed by atoms with Gasteiger partial charge in [0.1, 0.15) is 5.60 Å². The molecule has 1 aliphatic rings. The molecule has 5 heteroatoms. The maximum atomic E-state index is 11.8. The second-order valence-electron chi connectivity index (χ2n) is 6.90. The molecule has 2 N–H and O–H groups in total. The molecule has 1 atom stereocenters. The summed E-state index contributed by atoms with van der Waals surface area (Å²) in [5, 5.41) is 12.6. The van der Waals surface area contributed by atoms with Crippen LogP contribution in [-0.2, 0) is 9.47 Å². The molecule has 0 aliphatic heterocycles. The van der Waals surface area contributed by atoms with Gasteiger partial charge in [-0.25, -0.2) is 4.79 Å². The third-order valence-electron chi connectivity index (χ3n) is 3.60. The Kier molecular flexibility index (Phi) is 6.27. The van der Waals surface area contributed by atoms with Crippen LogP contribution < -0.4 is 5.32 Å². The molecule has 1 aliphatic carbocycles. The third-order valence-corrected chi connectivity index (χ3v) is 3.60. The topological polar surface area (TPSA) is 67.8 Å². The zero-order valence-electron chi connectivity index (χ0n) is 13.2. The van der Waals surface area contributed by atoms with Crippen LogP contribution in [0.4, 0.5) is 4.79 Å². The summed E-state index contributed by atoms with van der Waals surface area (Å²) in [6.07, 6.45) is 3.70. The Hall–Kier alpha value is -0.810. The number of ether oxygens (including phenoxy) is 2. The van der Waals surface area contributed by atoms with E-state index >= 15 is 0 Å². The Morgan fingerprint density at radius 3 is 2.45 bits per heavy atom. The van der Waals surface area contributed by atoms with Gasteiger partial charge < -0.3 is 19.9 Å². The molecule has 0 aromatic heterocycles. The molecule has 0 spiro atoms. The fourth-order valence-corrected chi connectivity index (χ4v) is 2.29. The lowest BCUT2D eigenvalue weighted by Crippen LogP contribution is -2.43. The van der Waals surface area contributed by atoms with E-state index in [1.54, 1.807) is 7.11 Å². The summed E-state index contributed by atoms with van der Waals surface area (Å²) >= 11 is 0. The molecule has 20 heavy (non-hydrogen) atoms. The Bertz CT molecular complexity index is 309. The van der Waals surface area contributed by atoms with Crippen molar-refractivity contribution in [3.63, 3.8) is 0 Å². The van der Waals surface area contributed by atoms with Crippen molar-refractivity contribution in [2.24, 2.45) is 11.3 Å². The second-order valence-corrected chi connectivity index (χ2v) is 6.90. The van der Waals surface area contributed by atoms with Crippen LogP contribution in [0.15, 0.2) is 0 Å². The largest absolute Gasteiger partial charge is 0.444 e. The Morgan fingerprint density at radius 1 is 1.35 bits per heavy atom. The average molecular weight is 287 g/mol. The minimum absolute atomic E-state index is 0.0582. The van der Waals surface area contributed by atoms with Gasteiger partial charge in [-0.2, -0.15) is 0 Å². The maximum absolute atomic E-state index is 11.8. The number of hydrogen-bond acceptors (Lipinski definition) is 4. The summed E-state index contributed by atoms with van der Waals surface area (Å²) < 4.78 is 10.4. The maximum Gasteiger partial charge on any atom is 0.407 e. The zero-order chi connectivity index (χ0) is 15.2. The predicted octanol–water partition coefficient (Wildman–Crippen LogP) is 2.33. The smallest absolute Gasteiger partial charge is 0.407 e. The predicted molar refractivity (Wildman–Crippen MR) is 77.6 cm³/mol. The quantitative estimate of drug-likeness (QED) is 0.719. The molecule has 1 fully saturated rings. The number of methoxy groups -OCH3 is 1. The van der Waals surface area contributed by atoms with Gasteiger partial charge in [0.25, 0.3) is 0 Å². The van der Waals surface area contributed by atoms with E-state index in [0.717, 1.165) is 12.8 Å². The number of alkyl carbamates (subject to hydrolysis) is 1. The summed E-state index contributed by atoms with van der Waals surface area (Å²) in [6, 6.07) is 0. The SMILES string of the molecule is COCCC(CO)(CNC(=O)OC(C)(C)C)CC1CC1. The molecule has 1 saturated carbocycles. The molecular weight excluding hydrogens is 258 g/mol. The molecule has 1 unspecified atom stereocenters. The van der Waals surface area contributed by atoms with E-state index in [4.69, 9.17) is 9.47 Å². The van der Waals surface area contributed by atoms with Crippen molar-refractivity contribution in [2.75, 3.05) is 26.9 Å². The van der Waals surface area contributed by atoms with Crippen LogP contribution in [0.2, 0.25) is 0 Å². The molecule has 0 heterocycles. The highest BCUT2D eigenvalue weighted by molar-refractivity contribution is 5.67. The number of rotatable bonds is 8. The van der Waals surface area contributed by atoms with Gasteiger partial charge in [0.05, 0.1) is 6.61 Å². The van der Waals surface area contributed by atoms with Gasteiger partial charge >= 0.3 is 6.09 Å². The number of carbonyl (C=O) groups excluding carboxylic acids is 1. The molecule has 0 bridgehead atoms. The van der Waals surface area contributed by atoms with Crippen molar-refractivity contribution in [1.29, 1.82) is 0 Å². The Balaban J connectivity index is 2.51. The van der Waals surface area contributed by atoms with Crippen LogP contribution in [0.3, 0.4) is 0 Å². The molecule has 0 radical (unpaired) electrons. The van der Waals surface area contributed by atoms with E-state index in [9.17, 15) is 9.90 Å². The van der Waals surface area contributed by atoms with Crippen LogP contribution in [-0.4, -0.2) is 43.7 Å². The fourth-order valence-electron chi connectivity index (χ4n) is 2.29. The van der Waals surface area contributed by atoms with Gasteiger partial charge in [0.15, 0.2) is 0 Å². The first-order valence-corrected chi connectivity index (χ1v) is 7.37. The summed E-state index contributed by atoms with van der Waals surface area (Å²) in [7, 11) is 1.65. The minimum atomic E-state index is -0.505. The lowest BCUT2D eigenvalue weighted by atomic mass is 9.80. The minimum Gasteiger partial charge on any atom is -0.444 e. The molecule has 0 aromatic carbocycles. The number of hydrogen-bond donors (Lipinski definition) is 2. The third kappa shape index (κ3) is 6.57. The van der Waals surface area contributed by atoms with Gasteiger partial charge in [0, 0.05) is 25.7 Å². The molecular formula is C15H29NO4. The highest BCUT2D eigenvalue weighted by atomic mass is 16.6. The Morgan fingerprint density at radius 2 is 2.00 bits per heavy atom. The van der Waals surface area contributed by atoms with Gasteiger partial charge in [-0.1, -0.05) is 12.8 Å². The van der Waals surface area contributed by atoms with E-state index in [0.29, 0.717) is 19.1 Å². The first kappa shape index (κ1) is 17.2. The van der Waals surface area contributed by atoms with Crippen LogP contribution >= 0.6 is 0 Å². The Labute approximate surface area is 122 Å². The summed E-state index contributed by atoms with van der Waals surface area (Å²) in [5.74, 6) is 0.680. The lowest BCUT2D eigenvalue weighted by Gasteiger charge is -2.32. The van der Waals surface area contributed by atoms with Gasteiger partial charge in [-0.3, -0.25) is 0 Å². The van der Waals surface area contributed by atoms with Crippen LogP contribution in [0, 0.1) is 11.3 Å². The molecule has 118 valence electrons. The first-order chi connectivity index (χ1) is 9.30. The number of aliphatic hydroxyl groups is 1. The van der Waals surface area contributed by atoms with E-state index in [-0.39, 0.29) is 12.0 Å². The molecule has 0 aromatic rings. The zero-order valence-corrected chi connectivity index (χ0v) is 13.2. The van der Waals surface area contributed by atoms with Gasteiger partial charge in [0.2, 0.25) is 0 Å². The average Bonchev–Trinajstić information content (AvgIpc) is 3.14. The van der Waals surface area contributed by atoms with Crippen LogP contribution in [0.1, 0.15) is 46.5 Å². The van der Waals surface area contributed by atoms with E-state index < -0.39 is 11.7 Å². The number of amides is 1. The van der Waals surface area contributed by atoms with Crippen molar-refractivity contribution in [3.8, 4) is 0 Å². The van der Waals surface area contributed by atoms with Crippen molar-refractivity contribution >= 4 is 6.09 Å². The standard InChI is InChI=1S/C15H29NO4/c1-14(2,3)20-13(18)16-10-15(11-17,7-8-19-4)9-12-5-6-12/h12,17H,5-11H2,1-4H3,(H,16,18). The highest BCUT2D eigenvalue weighted by Crippen LogP contribution is 2.41. The van der Waals surface area contributed by atoms with Crippen molar-refractivity contribution in [2.45, 2.75) is 52.1 Å². The van der Waals surface area contributed by atoms with Crippen molar-refractivity contribution in [3.05, 3.63) is 0 Å². The normalized spacial score (nSPS) is 18.4. The fraction of sp³-hybridized carbons (Fsp3) is 0.933. The molecule has 1 rings (SSSR count). The second kappa shape index (κ2) is 7.27. The molecule has 5 nitrogen and oxygen atoms in total. The summed E-state index contributed by atoms with van der Waals surface area (Å²) in [4.78, 5) is 11.8. The lowest BCUT2D eigenvalue weighted by molar-refractivity contribution is 0.0374. The first-order valence-electron chi connectivity index (χ1n) is 7.37. The van der Waals surface area contributed by atoms with Crippen molar-refractivity contribution < 1.29 is 19.4 Å². The van der Waals surface area contributed by atoms with E-state index in [1.165, 1.54) is 12.8 Å². The number of carbonyl (C=O) groups is 1. The number of aliphatic hydroxyl groups excluding tert-OH is 1. The van der Waals surface area contributed by atoms with Gasteiger partial charge in [-0.05, 0) is 39.5 Å². The molecule has 0 saturated heterocycles. The monoisotopic (exact) mass is 287 g/mol.